The van der Waals surface area contributed by atoms with Crippen LogP contribution in [0, 0.1) is 0 Å². The van der Waals surface area contributed by atoms with Crippen molar-refractivity contribution < 1.29 is 13.5 Å². The van der Waals surface area contributed by atoms with Gasteiger partial charge >= 0.3 is 5.69 Å². The van der Waals surface area contributed by atoms with E-state index in [9.17, 15) is 18.0 Å². The monoisotopic (exact) mass is 317 g/mol. The van der Waals surface area contributed by atoms with Crippen molar-refractivity contribution in [2.24, 2.45) is 0 Å². The van der Waals surface area contributed by atoms with E-state index in [1.165, 1.54) is 4.31 Å². The van der Waals surface area contributed by atoms with Crippen LogP contribution >= 0.6 is 0 Å². The van der Waals surface area contributed by atoms with E-state index < -0.39 is 26.2 Å². The van der Waals surface area contributed by atoms with Crippen LogP contribution in [0.4, 0.5) is 0 Å². The molecule has 8 nitrogen and oxygen atoms in total. The summed E-state index contributed by atoms with van der Waals surface area (Å²) in [6, 6.07) is -0.220. The Balaban J connectivity index is 2.41. The van der Waals surface area contributed by atoms with Crippen LogP contribution < -0.4 is 11.2 Å². The summed E-state index contributed by atoms with van der Waals surface area (Å²) in [5, 5.41) is 9.14. The average Bonchev–Trinajstić information content (AvgIpc) is 2.45. The van der Waals surface area contributed by atoms with E-state index in [4.69, 9.17) is 5.11 Å². The van der Waals surface area contributed by atoms with Crippen molar-refractivity contribution in [3.05, 3.63) is 27.0 Å². The fraction of sp³-hybridized carbons (Fsp3) is 0.667. The van der Waals surface area contributed by atoms with Crippen LogP contribution in [0.1, 0.15) is 32.1 Å². The van der Waals surface area contributed by atoms with Crippen LogP contribution in [0.2, 0.25) is 0 Å². The molecule has 2 rings (SSSR count). The molecule has 1 saturated carbocycles. The minimum Gasteiger partial charge on any atom is -0.395 e. The Morgan fingerprint density at radius 1 is 1.24 bits per heavy atom. The third kappa shape index (κ3) is 3.42. The zero-order valence-corrected chi connectivity index (χ0v) is 12.4. The number of aliphatic hydroxyl groups is 1. The lowest BCUT2D eigenvalue weighted by Gasteiger charge is -2.32. The van der Waals surface area contributed by atoms with E-state index in [0.717, 1.165) is 25.5 Å². The SMILES string of the molecule is O=c1[nH]cc(S(=O)(=O)N(CCO)C2CCCCC2)c(=O)[nH]1. The van der Waals surface area contributed by atoms with Crippen LogP contribution in [0.3, 0.4) is 0 Å². The molecule has 1 heterocycles. The molecule has 21 heavy (non-hydrogen) atoms. The summed E-state index contributed by atoms with van der Waals surface area (Å²) in [4.78, 5) is 26.3. The summed E-state index contributed by atoms with van der Waals surface area (Å²) in [6.45, 7) is -0.386. The molecule has 9 heteroatoms. The van der Waals surface area contributed by atoms with E-state index in [-0.39, 0.29) is 19.2 Å². The number of rotatable bonds is 5. The van der Waals surface area contributed by atoms with Crippen LogP contribution in [-0.2, 0) is 10.0 Å². The van der Waals surface area contributed by atoms with Crippen molar-refractivity contribution in [1.82, 2.24) is 14.3 Å². The number of H-pyrrole nitrogens is 2. The predicted octanol–water partition coefficient (Wildman–Crippen LogP) is -0.621. The first-order chi connectivity index (χ1) is 9.96. The molecule has 0 aliphatic heterocycles. The molecule has 1 aliphatic carbocycles. The van der Waals surface area contributed by atoms with E-state index in [2.05, 4.69) is 4.98 Å². The molecule has 1 aromatic heterocycles. The minimum absolute atomic E-state index is 0.0639. The first-order valence-electron chi connectivity index (χ1n) is 6.91. The van der Waals surface area contributed by atoms with E-state index in [1.807, 2.05) is 4.98 Å². The van der Waals surface area contributed by atoms with Crippen LogP contribution in [0.25, 0.3) is 0 Å². The number of hydrogen-bond acceptors (Lipinski definition) is 5. The highest BCUT2D eigenvalue weighted by Crippen LogP contribution is 2.26. The molecular weight excluding hydrogens is 298 g/mol. The molecule has 3 N–H and O–H groups in total. The van der Waals surface area contributed by atoms with Gasteiger partial charge in [-0.05, 0) is 12.8 Å². The second-order valence-corrected chi connectivity index (χ2v) is 6.93. The van der Waals surface area contributed by atoms with Crippen molar-refractivity contribution in [1.29, 1.82) is 0 Å². The van der Waals surface area contributed by atoms with Crippen molar-refractivity contribution in [3.8, 4) is 0 Å². The Hall–Kier alpha value is -1.45. The third-order valence-electron chi connectivity index (χ3n) is 3.67. The van der Waals surface area contributed by atoms with Gasteiger partial charge < -0.3 is 10.1 Å². The van der Waals surface area contributed by atoms with Gasteiger partial charge in [0.05, 0.1) is 6.61 Å². The first kappa shape index (κ1) is 15.9. The Kier molecular flexibility index (Phi) is 4.96. The molecule has 0 radical (unpaired) electrons. The molecule has 0 saturated heterocycles. The fourth-order valence-corrected chi connectivity index (χ4v) is 4.35. The normalized spacial score (nSPS) is 17.2. The number of aromatic nitrogens is 2. The molecule has 118 valence electrons. The van der Waals surface area contributed by atoms with Crippen LogP contribution in [-0.4, -0.2) is 47.0 Å². The quantitative estimate of drug-likeness (QED) is 0.668. The van der Waals surface area contributed by atoms with Gasteiger partial charge in [0.15, 0.2) is 4.90 Å². The fourth-order valence-electron chi connectivity index (χ4n) is 2.68. The average molecular weight is 317 g/mol. The lowest BCUT2D eigenvalue weighted by Crippen LogP contribution is -2.45. The summed E-state index contributed by atoms with van der Waals surface area (Å²) in [5.74, 6) is 0. The second kappa shape index (κ2) is 6.54. The smallest absolute Gasteiger partial charge is 0.325 e. The van der Waals surface area contributed by atoms with Crippen molar-refractivity contribution >= 4 is 10.0 Å². The second-order valence-electron chi connectivity index (χ2n) is 5.07. The number of aromatic amines is 2. The highest BCUT2D eigenvalue weighted by molar-refractivity contribution is 7.89. The van der Waals surface area contributed by atoms with Gasteiger partial charge in [-0.15, -0.1) is 0 Å². The lowest BCUT2D eigenvalue weighted by molar-refractivity contribution is 0.199. The van der Waals surface area contributed by atoms with Gasteiger partial charge in [-0.1, -0.05) is 19.3 Å². The Labute approximate surface area is 121 Å². The van der Waals surface area contributed by atoms with Gasteiger partial charge in [0.2, 0.25) is 10.0 Å². The van der Waals surface area contributed by atoms with Crippen molar-refractivity contribution in [3.63, 3.8) is 0 Å². The molecule has 1 aromatic rings. The highest BCUT2D eigenvalue weighted by Gasteiger charge is 2.33. The number of aliphatic hydroxyl groups excluding tert-OH is 1. The molecule has 0 amide bonds. The number of nitrogens with one attached hydrogen (secondary N) is 2. The predicted molar refractivity (Wildman–Crippen MR) is 75.5 cm³/mol. The van der Waals surface area contributed by atoms with E-state index in [0.29, 0.717) is 12.8 Å². The summed E-state index contributed by atoms with van der Waals surface area (Å²) < 4.78 is 26.4. The summed E-state index contributed by atoms with van der Waals surface area (Å²) in [7, 11) is -4.05. The molecule has 0 spiro atoms. The lowest BCUT2D eigenvalue weighted by atomic mass is 9.95. The largest absolute Gasteiger partial charge is 0.395 e. The maximum Gasteiger partial charge on any atom is 0.325 e. The standard InChI is InChI=1S/C12H19N3O5S/c16-7-6-15(9-4-2-1-3-5-9)21(19,20)10-8-13-12(18)14-11(10)17/h8-9,16H,1-7H2,(H2,13,14,17,18). The molecule has 1 fully saturated rings. The van der Waals surface area contributed by atoms with Gasteiger partial charge in [0, 0.05) is 18.8 Å². The zero-order chi connectivity index (χ0) is 15.5. The molecule has 0 unspecified atom stereocenters. The van der Waals surface area contributed by atoms with E-state index in [1.54, 1.807) is 0 Å². The Bertz CT molecular complexity index is 687. The van der Waals surface area contributed by atoms with Gasteiger partial charge in [-0.2, -0.15) is 4.31 Å². The molecule has 1 aliphatic rings. The summed E-state index contributed by atoms with van der Waals surface area (Å²) in [6.07, 6.45) is 5.22. The first-order valence-corrected chi connectivity index (χ1v) is 8.35. The maximum atomic E-state index is 12.6. The van der Waals surface area contributed by atoms with Gasteiger partial charge in [0.1, 0.15) is 0 Å². The molecule has 0 aromatic carbocycles. The summed E-state index contributed by atoms with van der Waals surface area (Å²) in [5.41, 5.74) is -1.71. The molecular formula is C12H19N3O5S. The topological polar surface area (TPSA) is 123 Å². The Morgan fingerprint density at radius 2 is 1.90 bits per heavy atom. The van der Waals surface area contributed by atoms with Gasteiger partial charge in [-0.25, -0.2) is 13.2 Å². The van der Waals surface area contributed by atoms with Crippen molar-refractivity contribution in [2.75, 3.05) is 13.2 Å². The van der Waals surface area contributed by atoms with E-state index >= 15 is 0 Å². The number of nitrogens with zero attached hydrogens (tertiary/aromatic N) is 1. The zero-order valence-electron chi connectivity index (χ0n) is 11.5. The molecule has 0 bridgehead atoms. The minimum atomic E-state index is -4.05. The molecule has 0 atom stereocenters. The van der Waals surface area contributed by atoms with Crippen LogP contribution in [0.5, 0.6) is 0 Å². The van der Waals surface area contributed by atoms with Gasteiger partial charge in [0.25, 0.3) is 5.56 Å². The van der Waals surface area contributed by atoms with Gasteiger partial charge in [-0.3, -0.25) is 9.78 Å². The maximum absolute atomic E-state index is 12.6. The van der Waals surface area contributed by atoms with Crippen LogP contribution in [0.15, 0.2) is 20.7 Å². The summed E-state index contributed by atoms with van der Waals surface area (Å²) >= 11 is 0. The van der Waals surface area contributed by atoms with Crippen molar-refractivity contribution in [2.45, 2.75) is 43.0 Å². The highest BCUT2D eigenvalue weighted by atomic mass is 32.2. The number of hydrogen-bond donors (Lipinski definition) is 3. The Morgan fingerprint density at radius 3 is 2.48 bits per heavy atom. The third-order valence-corrected chi connectivity index (χ3v) is 5.63. The number of sulfonamides is 1.